The molecule has 0 unspecified atom stereocenters. The number of hydrogen-bond acceptors (Lipinski definition) is 3. The van der Waals surface area contributed by atoms with Crippen LogP contribution < -0.4 is 0 Å². The molecule has 0 saturated heterocycles. The molecule has 0 aliphatic carbocycles. The van der Waals surface area contributed by atoms with Crippen molar-refractivity contribution in [1.29, 1.82) is 0 Å². The molecule has 0 radical (unpaired) electrons. The Kier molecular flexibility index (Phi) is 9.37. The van der Waals surface area contributed by atoms with Crippen molar-refractivity contribution >= 4 is 18.4 Å². The minimum absolute atomic E-state index is 0.876. The molecule has 21 heteroatoms. The predicted octanol–water partition coefficient (Wildman–Crippen LogP) is 7.75. The highest BCUT2D eigenvalue weighted by Gasteiger charge is 2.90. The zero-order chi connectivity index (χ0) is 29.8. The molecular weight excluding hydrogens is 592 g/mol. The fourth-order valence-corrected chi connectivity index (χ4v) is 10.1. The van der Waals surface area contributed by atoms with Crippen LogP contribution in [0.5, 0.6) is 0 Å². The van der Waals surface area contributed by atoms with Crippen LogP contribution in [0, 0.1) is 0 Å². The van der Waals surface area contributed by atoms with Crippen molar-refractivity contribution < 1.29 is 82.5 Å². The van der Waals surface area contributed by atoms with Crippen molar-refractivity contribution in [2.24, 2.45) is 0 Å². The summed E-state index contributed by atoms with van der Waals surface area (Å²) in [6.45, 7) is 3.50. The highest BCUT2D eigenvalue weighted by Crippen LogP contribution is 2.61. The highest BCUT2D eigenvalue weighted by molar-refractivity contribution is 7.88. The van der Waals surface area contributed by atoms with Crippen LogP contribution in [-0.2, 0) is 14.0 Å². The summed E-state index contributed by atoms with van der Waals surface area (Å²) < 4.78 is 237. The number of hydrogen-bond donors (Lipinski definition) is 0. The number of rotatable bonds is 11. The van der Waals surface area contributed by atoms with Gasteiger partial charge in [0.25, 0.3) is 0 Å². The maximum atomic E-state index is 14.1. The van der Waals surface area contributed by atoms with Gasteiger partial charge >= 0.3 is 51.4 Å². The normalized spacial score (nSPS) is 16.3. The van der Waals surface area contributed by atoms with Gasteiger partial charge in [-0.3, -0.25) is 0 Å². The van der Waals surface area contributed by atoms with E-state index < -0.39 is 83.3 Å². The molecule has 0 N–H and O–H groups in total. The van der Waals surface area contributed by atoms with Crippen molar-refractivity contribution in [1.82, 2.24) is 0 Å². The molecule has 218 valence electrons. The molecular formula is C15H18F16O3SSi. The van der Waals surface area contributed by atoms with Crippen molar-refractivity contribution in [2.75, 3.05) is 0 Å². The van der Waals surface area contributed by atoms with E-state index in [1.54, 1.807) is 0 Å². The van der Waals surface area contributed by atoms with E-state index in [1.807, 2.05) is 0 Å². The van der Waals surface area contributed by atoms with E-state index in [9.17, 15) is 78.7 Å². The number of halogens is 16. The molecule has 0 rings (SSSR count). The average molecular weight is 610 g/mol. The van der Waals surface area contributed by atoms with Crippen molar-refractivity contribution in [3.63, 3.8) is 0 Å². The molecule has 0 aliphatic rings. The fraction of sp³-hybridized carbons (Fsp3) is 1.00. The van der Waals surface area contributed by atoms with Crippen LogP contribution in [0.3, 0.4) is 0 Å². The van der Waals surface area contributed by atoms with Crippen LogP contribution >= 0.6 is 0 Å². The minimum atomic E-state index is -8.13. The van der Waals surface area contributed by atoms with E-state index in [2.05, 4.69) is 3.87 Å². The third-order valence-corrected chi connectivity index (χ3v) is 13.0. The SMILES string of the molecule is CC(C)[Si](CCC(F)(F)C(F)(F)C(F)(F)C(F)(F)C(F)(F)C(F)(F)F)(OS(=O)(=O)C(F)(F)F)C(C)C. The first kappa shape index (κ1) is 35.0. The summed E-state index contributed by atoms with van der Waals surface area (Å²) in [6.07, 6.45) is -10.4. The van der Waals surface area contributed by atoms with Crippen LogP contribution in [0.2, 0.25) is 17.1 Å². The first-order chi connectivity index (χ1) is 15.3. The summed E-state index contributed by atoms with van der Waals surface area (Å²) in [4.78, 5) is 0. The third kappa shape index (κ3) is 5.56. The molecule has 0 aromatic carbocycles. The van der Waals surface area contributed by atoms with Gasteiger partial charge in [-0.2, -0.15) is 78.7 Å². The molecule has 0 spiro atoms. The van der Waals surface area contributed by atoms with Gasteiger partial charge in [0.05, 0.1) is 0 Å². The molecule has 0 aromatic heterocycles. The maximum absolute atomic E-state index is 14.1. The monoisotopic (exact) mass is 610 g/mol. The summed E-state index contributed by atoms with van der Waals surface area (Å²) in [7, 11) is -11.5. The molecule has 0 aliphatic heterocycles. The van der Waals surface area contributed by atoms with Crippen molar-refractivity contribution in [3.05, 3.63) is 0 Å². The Bertz CT molecular complexity index is 868. The van der Waals surface area contributed by atoms with Gasteiger partial charge in [0.2, 0.25) is 8.32 Å². The Morgan fingerprint density at radius 2 is 0.944 bits per heavy atom. The zero-order valence-electron chi connectivity index (χ0n) is 18.2. The summed E-state index contributed by atoms with van der Waals surface area (Å²) in [6, 6.07) is -1.88. The Morgan fingerprint density at radius 3 is 1.22 bits per heavy atom. The molecule has 0 atom stereocenters. The fourth-order valence-electron chi connectivity index (χ4n) is 3.04. The Morgan fingerprint density at radius 1 is 0.611 bits per heavy atom. The minimum Gasteiger partial charge on any atom is -0.307 e. The van der Waals surface area contributed by atoms with Gasteiger partial charge < -0.3 is 3.87 Å². The van der Waals surface area contributed by atoms with Crippen molar-refractivity contribution in [3.8, 4) is 0 Å². The standard InChI is InChI=1S/C15H18F16O3SSi/c1-7(2)36(8(3)4,34-35(32,33)15(29,30)31)6-5-9(16,17)10(18,19)11(20,21)12(22,23)13(24,25)14(26,27)28/h7-8H,5-6H2,1-4H3. The van der Waals surface area contributed by atoms with Crippen molar-refractivity contribution in [2.45, 2.75) is 92.5 Å². The lowest BCUT2D eigenvalue weighted by molar-refractivity contribution is -0.439. The Balaban J connectivity index is 6.58. The van der Waals surface area contributed by atoms with Gasteiger partial charge in [0.15, 0.2) is 0 Å². The maximum Gasteiger partial charge on any atom is 0.522 e. The van der Waals surface area contributed by atoms with Gasteiger partial charge in [0, 0.05) is 6.42 Å². The summed E-state index contributed by atoms with van der Waals surface area (Å²) in [5, 5.41) is 0. The molecule has 3 nitrogen and oxygen atoms in total. The van der Waals surface area contributed by atoms with Crippen LogP contribution in [-0.4, -0.2) is 58.0 Å². The second-order valence-electron chi connectivity index (χ2n) is 8.25. The van der Waals surface area contributed by atoms with Crippen LogP contribution in [0.25, 0.3) is 0 Å². The Labute approximate surface area is 194 Å². The van der Waals surface area contributed by atoms with Gasteiger partial charge in [-0.1, -0.05) is 27.7 Å². The van der Waals surface area contributed by atoms with Crippen LogP contribution in [0.4, 0.5) is 70.2 Å². The van der Waals surface area contributed by atoms with E-state index >= 15 is 0 Å². The van der Waals surface area contributed by atoms with Gasteiger partial charge in [-0.05, 0) is 17.1 Å². The largest absolute Gasteiger partial charge is 0.522 e. The number of alkyl halides is 16. The quantitative estimate of drug-likeness (QED) is 0.137. The van der Waals surface area contributed by atoms with E-state index in [-0.39, 0.29) is 0 Å². The lowest BCUT2D eigenvalue weighted by atomic mass is 9.93. The van der Waals surface area contributed by atoms with Gasteiger partial charge in [-0.25, -0.2) is 0 Å². The molecule has 0 fully saturated rings. The molecule has 0 bridgehead atoms. The lowest BCUT2D eigenvalue weighted by Gasteiger charge is -2.42. The smallest absolute Gasteiger partial charge is 0.307 e. The second-order valence-corrected chi connectivity index (χ2v) is 15.0. The average Bonchev–Trinajstić information content (AvgIpc) is 2.61. The molecule has 0 heterocycles. The molecule has 0 saturated carbocycles. The van der Waals surface area contributed by atoms with Crippen LogP contribution in [0.15, 0.2) is 0 Å². The van der Waals surface area contributed by atoms with Gasteiger partial charge in [-0.15, -0.1) is 0 Å². The molecule has 36 heavy (non-hydrogen) atoms. The van der Waals surface area contributed by atoms with E-state index in [4.69, 9.17) is 0 Å². The lowest BCUT2D eigenvalue weighted by Crippen LogP contribution is -2.70. The Hall–Kier alpha value is -0.993. The van der Waals surface area contributed by atoms with E-state index in [1.165, 1.54) is 0 Å². The highest BCUT2D eigenvalue weighted by atomic mass is 32.2. The summed E-state index contributed by atoms with van der Waals surface area (Å²) in [5.41, 5.74) is -9.12. The topological polar surface area (TPSA) is 43.4 Å². The molecule has 0 aromatic rings. The second kappa shape index (κ2) is 9.64. The first-order valence-electron chi connectivity index (χ1n) is 9.28. The summed E-state index contributed by atoms with van der Waals surface area (Å²) >= 11 is 0. The third-order valence-electron chi connectivity index (χ3n) is 5.33. The predicted molar refractivity (Wildman–Crippen MR) is 92.2 cm³/mol. The first-order valence-corrected chi connectivity index (χ1v) is 13.0. The van der Waals surface area contributed by atoms with E-state index in [0.29, 0.717) is 0 Å². The molecule has 0 amide bonds. The zero-order valence-corrected chi connectivity index (χ0v) is 20.1. The summed E-state index contributed by atoms with van der Waals surface area (Å²) in [5.74, 6) is -38.3. The van der Waals surface area contributed by atoms with E-state index in [0.717, 1.165) is 27.7 Å². The van der Waals surface area contributed by atoms with Gasteiger partial charge in [0.1, 0.15) is 0 Å². The van der Waals surface area contributed by atoms with Crippen LogP contribution in [0.1, 0.15) is 34.1 Å².